The molecule has 1 aromatic heterocycles. The number of aromatic amines is 1. The second-order valence-electron chi connectivity index (χ2n) is 5.80. The van der Waals surface area contributed by atoms with Crippen molar-refractivity contribution in [3.05, 3.63) is 65.1 Å². The second kappa shape index (κ2) is 6.80. The van der Waals surface area contributed by atoms with E-state index in [4.69, 9.17) is 5.11 Å². The van der Waals surface area contributed by atoms with Crippen LogP contribution < -0.4 is 5.32 Å². The third-order valence-corrected chi connectivity index (χ3v) is 3.87. The van der Waals surface area contributed by atoms with Crippen molar-refractivity contribution in [2.75, 3.05) is 5.32 Å². The van der Waals surface area contributed by atoms with Gasteiger partial charge in [-0.15, -0.1) is 0 Å². The number of rotatable bonds is 4. The van der Waals surface area contributed by atoms with Crippen molar-refractivity contribution in [1.82, 2.24) is 4.98 Å². The highest BCUT2D eigenvalue weighted by Gasteiger charge is 2.31. The zero-order valence-electron chi connectivity index (χ0n) is 13.3. The molecule has 1 amide bonds. The maximum Gasteiger partial charge on any atom is 0.416 e. The van der Waals surface area contributed by atoms with Gasteiger partial charge in [0.15, 0.2) is 0 Å². The summed E-state index contributed by atoms with van der Waals surface area (Å²) in [6, 6.07) is 6.98. The first-order chi connectivity index (χ1) is 12.3. The first kappa shape index (κ1) is 17.9. The van der Waals surface area contributed by atoms with Crippen molar-refractivity contribution in [2.24, 2.45) is 0 Å². The molecule has 136 valence electrons. The molecule has 0 atom stereocenters. The van der Waals surface area contributed by atoms with E-state index in [9.17, 15) is 22.4 Å². The quantitative estimate of drug-likeness (QED) is 0.611. The molecule has 0 aliphatic heterocycles. The first-order valence-corrected chi connectivity index (χ1v) is 7.63. The molecular formula is C18H14F4N2O2. The predicted molar refractivity (Wildman–Crippen MR) is 88.0 cm³/mol. The lowest BCUT2D eigenvalue weighted by Gasteiger charge is -2.12. The number of fused-ring (bicyclic) bond motifs is 1. The van der Waals surface area contributed by atoms with E-state index in [1.165, 1.54) is 24.3 Å². The van der Waals surface area contributed by atoms with Crippen LogP contribution in [-0.4, -0.2) is 16.0 Å². The Morgan fingerprint density at radius 2 is 1.92 bits per heavy atom. The maximum absolute atomic E-state index is 13.4. The molecule has 0 saturated heterocycles. The molecule has 3 N–H and O–H groups in total. The summed E-state index contributed by atoms with van der Waals surface area (Å²) in [4.78, 5) is 15.1. The molecule has 1 heterocycles. The largest absolute Gasteiger partial charge is 0.416 e. The zero-order valence-corrected chi connectivity index (χ0v) is 13.3. The van der Waals surface area contributed by atoms with Crippen molar-refractivity contribution < 1.29 is 27.5 Å². The van der Waals surface area contributed by atoms with E-state index in [1.54, 1.807) is 6.20 Å². The third kappa shape index (κ3) is 3.85. The molecule has 0 saturated carbocycles. The number of carbonyl (C=O) groups excluding carboxylic acids is 1. The standard InChI is InChI=1S/C18H14F4N2O2/c19-13-1-2-16-15(7-13)11(8-23-16)5-17(26)24-14-4-10(9-25)3-12(6-14)18(20,21)22/h1-4,6-8,23,25H,5,9H2,(H,24,26). The molecule has 0 bridgehead atoms. The number of carbonyl (C=O) groups is 1. The number of alkyl halides is 3. The van der Waals surface area contributed by atoms with Crippen LogP contribution >= 0.6 is 0 Å². The average Bonchev–Trinajstić information content (AvgIpc) is 2.95. The number of amides is 1. The first-order valence-electron chi connectivity index (χ1n) is 7.63. The van der Waals surface area contributed by atoms with Gasteiger partial charge in [0.1, 0.15) is 5.82 Å². The Labute approximate surface area is 145 Å². The lowest BCUT2D eigenvalue weighted by molar-refractivity contribution is -0.137. The highest BCUT2D eigenvalue weighted by Crippen LogP contribution is 2.32. The number of aliphatic hydroxyl groups excluding tert-OH is 1. The molecule has 26 heavy (non-hydrogen) atoms. The van der Waals surface area contributed by atoms with Crippen LogP contribution in [0.2, 0.25) is 0 Å². The number of aliphatic hydroxyl groups is 1. The molecular weight excluding hydrogens is 352 g/mol. The van der Waals surface area contributed by atoms with Gasteiger partial charge < -0.3 is 15.4 Å². The molecule has 0 aliphatic carbocycles. The smallest absolute Gasteiger partial charge is 0.392 e. The minimum absolute atomic E-state index is 0.0318. The van der Waals surface area contributed by atoms with Gasteiger partial charge in [-0.3, -0.25) is 4.79 Å². The monoisotopic (exact) mass is 366 g/mol. The Hall–Kier alpha value is -2.87. The van der Waals surface area contributed by atoms with Crippen molar-refractivity contribution in [1.29, 1.82) is 0 Å². The molecule has 0 radical (unpaired) electrons. The van der Waals surface area contributed by atoms with Crippen LogP contribution in [0.4, 0.5) is 23.2 Å². The van der Waals surface area contributed by atoms with Crippen molar-refractivity contribution in [3.8, 4) is 0 Å². The Bertz CT molecular complexity index is 963. The predicted octanol–water partition coefficient (Wildman–Crippen LogP) is 4.00. The summed E-state index contributed by atoms with van der Waals surface area (Å²) in [7, 11) is 0. The summed E-state index contributed by atoms with van der Waals surface area (Å²) in [5.74, 6) is -1.01. The van der Waals surface area contributed by atoms with Gasteiger partial charge in [-0.05, 0) is 47.5 Å². The fraction of sp³-hybridized carbons (Fsp3) is 0.167. The van der Waals surface area contributed by atoms with Gasteiger partial charge in [-0.2, -0.15) is 13.2 Å². The average molecular weight is 366 g/mol. The molecule has 8 heteroatoms. The summed E-state index contributed by atoms with van der Waals surface area (Å²) in [6.07, 6.45) is -3.19. The fourth-order valence-electron chi connectivity index (χ4n) is 2.69. The number of nitrogens with one attached hydrogen (secondary N) is 2. The van der Waals surface area contributed by atoms with Gasteiger partial charge in [0, 0.05) is 22.8 Å². The van der Waals surface area contributed by atoms with Gasteiger partial charge in [0.2, 0.25) is 5.91 Å². The number of aromatic nitrogens is 1. The summed E-state index contributed by atoms with van der Waals surface area (Å²) < 4.78 is 52.1. The molecule has 2 aromatic carbocycles. The lowest BCUT2D eigenvalue weighted by Crippen LogP contribution is -2.15. The number of hydrogen-bond acceptors (Lipinski definition) is 2. The van der Waals surface area contributed by atoms with E-state index in [1.807, 2.05) is 0 Å². The lowest BCUT2D eigenvalue weighted by atomic mass is 10.1. The van der Waals surface area contributed by atoms with E-state index in [0.717, 1.165) is 12.1 Å². The van der Waals surface area contributed by atoms with E-state index in [0.29, 0.717) is 16.5 Å². The van der Waals surface area contributed by atoms with Gasteiger partial charge in [-0.1, -0.05) is 0 Å². The zero-order chi connectivity index (χ0) is 18.9. The van der Waals surface area contributed by atoms with Crippen LogP contribution in [-0.2, 0) is 24.0 Å². The van der Waals surface area contributed by atoms with E-state index < -0.39 is 30.1 Å². The van der Waals surface area contributed by atoms with Gasteiger partial charge in [0.25, 0.3) is 0 Å². The van der Waals surface area contributed by atoms with Gasteiger partial charge in [0.05, 0.1) is 18.6 Å². The number of H-pyrrole nitrogens is 1. The topological polar surface area (TPSA) is 65.1 Å². The van der Waals surface area contributed by atoms with Crippen LogP contribution in [0, 0.1) is 5.82 Å². The minimum Gasteiger partial charge on any atom is -0.392 e. The van der Waals surface area contributed by atoms with Gasteiger partial charge in [-0.25, -0.2) is 4.39 Å². The Kier molecular flexibility index (Phi) is 4.69. The normalized spacial score (nSPS) is 11.7. The number of anilines is 1. The van der Waals surface area contributed by atoms with Crippen molar-refractivity contribution in [2.45, 2.75) is 19.2 Å². The molecule has 0 unspecified atom stereocenters. The Morgan fingerprint density at radius 1 is 1.15 bits per heavy atom. The van der Waals surface area contributed by atoms with E-state index >= 15 is 0 Å². The fourth-order valence-corrected chi connectivity index (χ4v) is 2.69. The van der Waals surface area contributed by atoms with Crippen LogP contribution in [0.25, 0.3) is 10.9 Å². The summed E-state index contributed by atoms with van der Waals surface area (Å²) in [6.45, 7) is -0.589. The summed E-state index contributed by atoms with van der Waals surface area (Å²) in [5, 5.41) is 12.0. The van der Waals surface area contributed by atoms with Crippen molar-refractivity contribution >= 4 is 22.5 Å². The van der Waals surface area contributed by atoms with Crippen LogP contribution in [0.15, 0.2) is 42.6 Å². The van der Waals surface area contributed by atoms with Gasteiger partial charge >= 0.3 is 6.18 Å². The highest BCUT2D eigenvalue weighted by atomic mass is 19.4. The highest BCUT2D eigenvalue weighted by molar-refractivity contribution is 5.95. The molecule has 0 spiro atoms. The number of halogens is 4. The van der Waals surface area contributed by atoms with Crippen LogP contribution in [0.1, 0.15) is 16.7 Å². The molecule has 0 fully saturated rings. The number of benzene rings is 2. The summed E-state index contributed by atoms with van der Waals surface area (Å²) >= 11 is 0. The molecule has 3 aromatic rings. The molecule has 0 aliphatic rings. The third-order valence-electron chi connectivity index (χ3n) is 3.87. The van der Waals surface area contributed by atoms with Crippen molar-refractivity contribution in [3.63, 3.8) is 0 Å². The molecule has 3 rings (SSSR count). The van der Waals surface area contributed by atoms with Crippen LogP contribution in [0.5, 0.6) is 0 Å². The second-order valence-corrected chi connectivity index (χ2v) is 5.80. The number of hydrogen-bond donors (Lipinski definition) is 3. The SMILES string of the molecule is O=C(Cc1c[nH]c2ccc(F)cc12)Nc1cc(CO)cc(C(F)(F)F)c1. The maximum atomic E-state index is 13.4. The van der Waals surface area contributed by atoms with Crippen LogP contribution in [0.3, 0.4) is 0 Å². The Balaban J connectivity index is 1.82. The molecule has 4 nitrogen and oxygen atoms in total. The Morgan fingerprint density at radius 3 is 2.62 bits per heavy atom. The summed E-state index contributed by atoms with van der Waals surface area (Å²) in [5.41, 5.74) is 0.167. The van der Waals surface area contributed by atoms with E-state index in [2.05, 4.69) is 10.3 Å². The van der Waals surface area contributed by atoms with E-state index in [-0.39, 0.29) is 17.7 Å². The minimum atomic E-state index is -4.60.